The first kappa shape index (κ1) is 11.9. The first-order chi connectivity index (χ1) is 3.72. The molecule has 0 unspecified atom stereocenters. The highest BCUT2D eigenvalue weighted by Gasteiger charge is 2.07. The lowest BCUT2D eigenvalue weighted by atomic mass is 10.0. The van der Waals surface area contributed by atoms with Crippen LogP contribution in [-0.2, 0) is 0 Å². The first-order valence-corrected chi connectivity index (χ1v) is 3.08. The number of hydrogen-bond acceptors (Lipinski definition) is 2. The van der Waals surface area contributed by atoms with E-state index in [0.29, 0.717) is 5.92 Å². The number of nitrogens with two attached hydrogens (primary N) is 1. The van der Waals surface area contributed by atoms with Gasteiger partial charge in [-0.3, -0.25) is 0 Å². The first-order valence-electron chi connectivity index (χ1n) is 3.08. The van der Waals surface area contributed by atoms with Gasteiger partial charge in [-0.2, -0.15) is 0 Å². The zero-order valence-corrected chi connectivity index (χ0v) is 6.82. The Bertz CT molecular complexity index is 53.0. The summed E-state index contributed by atoms with van der Waals surface area (Å²) in [5, 5.41) is 8.51. The zero-order chi connectivity index (χ0) is 6.57. The van der Waals surface area contributed by atoms with E-state index in [1.54, 1.807) is 0 Å². The number of hydrogen-bond donors (Lipinski definition) is 2. The van der Waals surface area contributed by atoms with E-state index in [1.807, 2.05) is 6.92 Å². The maximum Gasteiger partial charge on any atom is 0.0585 e. The Kier molecular flexibility index (Phi) is 8.40. The highest BCUT2D eigenvalue weighted by Crippen LogP contribution is 2.03. The van der Waals surface area contributed by atoms with E-state index in [0.717, 1.165) is 6.42 Å². The summed E-state index contributed by atoms with van der Waals surface area (Å²) in [4.78, 5) is 0. The quantitative estimate of drug-likeness (QED) is 0.630. The van der Waals surface area contributed by atoms with Gasteiger partial charge in [0.15, 0.2) is 0 Å². The lowest BCUT2D eigenvalue weighted by Gasteiger charge is -2.14. The van der Waals surface area contributed by atoms with Gasteiger partial charge < -0.3 is 10.8 Å². The van der Waals surface area contributed by atoms with Crippen LogP contribution >= 0.6 is 12.4 Å². The van der Waals surface area contributed by atoms with Crippen molar-refractivity contribution in [3.8, 4) is 0 Å². The van der Waals surface area contributed by atoms with Crippen molar-refractivity contribution in [2.45, 2.75) is 26.3 Å². The fourth-order valence-corrected chi connectivity index (χ4v) is 0.483. The molecule has 0 saturated carbocycles. The van der Waals surface area contributed by atoms with E-state index in [2.05, 4.69) is 6.92 Å². The molecule has 2 atom stereocenters. The average molecular weight is 154 g/mol. The maximum absolute atomic E-state index is 8.51. The van der Waals surface area contributed by atoms with Crippen molar-refractivity contribution in [2.24, 2.45) is 11.7 Å². The molecule has 3 N–H and O–H groups in total. The van der Waals surface area contributed by atoms with Crippen molar-refractivity contribution in [3.63, 3.8) is 0 Å². The van der Waals surface area contributed by atoms with Crippen LogP contribution < -0.4 is 5.73 Å². The smallest absolute Gasteiger partial charge is 0.0585 e. The van der Waals surface area contributed by atoms with Crippen LogP contribution in [0.3, 0.4) is 0 Å². The highest BCUT2D eigenvalue weighted by atomic mass is 35.5. The van der Waals surface area contributed by atoms with E-state index >= 15 is 0 Å². The third-order valence-electron chi connectivity index (χ3n) is 1.59. The predicted octanol–water partition coefficient (Wildman–Crippen LogP) is 0.774. The van der Waals surface area contributed by atoms with Crippen LogP contribution in [0.2, 0.25) is 0 Å². The minimum Gasteiger partial charge on any atom is -0.395 e. The standard InChI is InChI=1S/C6H15NO.ClH/c1-3-5(2)6(7)4-8;/h5-6,8H,3-4,7H2,1-2H3;1H/t5-,6+;/m1./s1. The van der Waals surface area contributed by atoms with Crippen molar-refractivity contribution in [3.05, 3.63) is 0 Å². The predicted molar refractivity (Wildman–Crippen MR) is 41.8 cm³/mol. The number of aliphatic hydroxyl groups excluding tert-OH is 1. The van der Waals surface area contributed by atoms with Crippen molar-refractivity contribution in [2.75, 3.05) is 6.61 Å². The zero-order valence-electron chi connectivity index (χ0n) is 6.00. The Morgan fingerprint density at radius 1 is 1.56 bits per heavy atom. The van der Waals surface area contributed by atoms with Gasteiger partial charge >= 0.3 is 0 Å². The van der Waals surface area contributed by atoms with Gasteiger partial charge in [0.05, 0.1) is 6.61 Å². The van der Waals surface area contributed by atoms with Crippen LogP contribution in [0.1, 0.15) is 20.3 Å². The van der Waals surface area contributed by atoms with Crippen molar-refractivity contribution < 1.29 is 5.11 Å². The molecule has 0 aromatic carbocycles. The molecule has 3 heteroatoms. The topological polar surface area (TPSA) is 46.2 Å². The lowest BCUT2D eigenvalue weighted by molar-refractivity contribution is 0.230. The summed E-state index contributed by atoms with van der Waals surface area (Å²) in [5.74, 6) is 0.444. The molecule has 9 heavy (non-hydrogen) atoms. The Morgan fingerprint density at radius 3 is 2.11 bits per heavy atom. The maximum atomic E-state index is 8.51. The lowest BCUT2D eigenvalue weighted by Crippen LogP contribution is -2.31. The van der Waals surface area contributed by atoms with Gasteiger partial charge in [0.25, 0.3) is 0 Å². The number of rotatable bonds is 3. The minimum atomic E-state index is -0.0278. The van der Waals surface area contributed by atoms with Gasteiger partial charge in [0.1, 0.15) is 0 Å². The summed E-state index contributed by atoms with van der Waals surface area (Å²) in [6.45, 7) is 4.22. The Labute approximate surface area is 62.9 Å². The molecule has 0 amide bonds. The molecule has 0 heterocycles. The van der Waals surface area contributed by atoms with E-state index in [9.17, 15) is 0 Å². The summed E-state index contributed by atoms with van der Waals surface area (Å²) < 4.78 is 0. The van der Waals surface area contributed by atoms with Crippen LogP contribution in [0.15, 0.2) is 0 Å². The van der Waals surface area contributed by atoms with Crippen LogP contribution in [0.5, 0.6) is 0 Å². The molecule has 0 saturated heterocycles. The van der Waals surface area contributed by atoms with Crippen LogP contribution in [-0.4, -0.2) is 17.8 Å². The third kappa shape index (κ3) is 4.70. The molecular weight excluding hydrogens is 138 g/mol. The van der Waals surface area contributed by atoms with Gasteiger partial charge in [-0.25, -0.2) is 0 Å². The summed E-state index contributed by atoms with van der Waals surface area (Å²) in [6.07, 6.45) is 1.04. The number of aliphatic hydroxyl groups is 1. The molecule has 0 spiro atoms. The van der Waals surface area contributed by atoms with Gasteiger partial charge in [-0.15, -0.1) is 12.4 Å². The second-order valence-corrected chi connectivity index (χ2v) is 2.23. The SMILES string of the molecule is CC[C@@H](C)[C@@H](N)CO.Cl. The second-order valence-electron chi connectivity index (χ2n) is 2.23. The van der Waals surface area contributed by atoms with E-state index in [4.69, 9.17) is 10.8 Å². The Hall–Kier alpha value is 0.210. The Balaban J connectivity index is 0. The number of halogens is 1. The fraction of sp³-hybridized carbons (Fsp3) is 1.00. The molecule has 0 radical (unpaired) electrons. The fourth-order valence-electron chi connectivity index (χ4n) is 0.483. The van der Waals surface area contributed by atoms with Gasteiger partial charge in [-0.05, 0) is 5.92 Å². The van der Waals surface area contributed by atoms with Gasteiger partial charge in [0, 0.05) is 6.04 Å². The van der Waals surface area contributed by atoms with E-state index in [1.165, 1.54) is 0 Å². The molecule has 0 aliphatic carbocycles. The molecule has 0 rings (SSSR count). The average Bonchev–Trinajstić information content (AvgIpc) is 1.84. The van der Waals surface area contributed by atoms with Crippen molar-refractivity contribution >= 4 is 12.4 Å². The largest absolute Gasteiger partial charge is 0.395 e. The molecule has 0 fully saturated rings. The molecule has 0 aromatic heterocycles. The summed E-state index contributed by atoms with van der Waals surface area (Å²) in [5.41, 5.74) is 5.48. The van der Waals surface area contributed by atoms with Gasteiger partial charge in [-0.1, -0.05) is 20.3 Å². The van der Waals surface area contributed by atoms with Gasteiger partial charge in [0.2, 0.25) is 0 Å². The van der Waals surface area contributed by atoms with E-state index < -0.39 is 0 Å². The molecule has 0 aromatic rings. The molecule has 0 aliphatic rings. The molecule has 58 valence electrons. The second kappa shape index (κ2) is 6.33. The van der Waals surface area contributed by atoms with Crippen LogP contribution in [0, 0.1) is 5.92 Å². The third-order valence-corrected chi connectivity index (χ3v) is 1.59. The molecular formula is C6H16ClNO. The molecule has 0 aliphatic heterocycles. The Morgan fingerprint density at radius 2 is 2.00 bits per heavy atom. The van der Waals surface area contributed by atoms with Crippen molar-refractivity contribution in [1.82, 2.24) is 0 Å². The normalized spacial score (nSPS) is 16.0. The molecule has 2 nitrogen and oxygen atoms in total. The highest BCUT2D eigenvalue weighted by molar-refractivity contribution is 5.85. The summed E-state index contributed by atoms with van der Waals surface area (Å²) in [7, 11) is 0. The monoisotopic (exact) mass is 153 g/mol. The summed E-state index contributed by atoms with van der Waals surface area (Å²) in [6, 6.07) is -0.0278. The molecule has 0 bridgehead atoms. The van der Waals surface area contributed by atoms with Crippen LogP contribution in [0.4, 0.5) is 0 Å². The van der Waals surface area contributed by atoms with E-state index in [-0.39, 0.29) is 25.1 Å². The van der Waals surface area contributed by atoms with Crippen molar-refractivity contribution in [1.29, 1.82) is 0 Å². The summed E-state index contributed by atoms with van der Waals surface area (Å²) >= 11 is 0. The van der Waals surface area contributed by atoms with Crippen LogP contribution in [0.25, 0.3) is 0 Å². The minimum absolute atomic E-state index is 0.